The van der Waals surface area contributed by atoms with E-state index in [9.17, 15) is 4.79 Å². The molecule has 1 aliphatic heterocycles. The zero-order valence-corrected chi connectivity index (χ0v) is 12.9. The molecule has 1 heterocycles. The number of carbonyl (C=O) groups excluding carboxylic acids is 1. The lowest BCUT2D eigenvalue weighted by Gasteiger charge is -2.30. The molecule has 1 aromatic rings. The Hall–Kier alpha value is -1.22. The average molecular weight is 296 g/mol. The Morgan fingerprint density at radius 2 is 2.10 bits per heavy atom. The molecule has 1 aliphatic rings. The second kappa shape index (κ2) is 6.98. The molecule has 1 amide bonds. The molecule has 1 fully saturated rings. The van der Waals surface area contributed by atoms with E-state index in [1.807, 2.05) is 30.0 Å². The van der Waals surface area contributed by atoms with Crippen molar-refractivity contribution in [3.8, 4) is 5.75 Å². The van der Waals surface area contributed by atoms with Gasteiger partial charge in [0.15, 0.2) is 6.61 Å². The van der Waals surface area contributed by atoms with Gasteiger partial charge in [-0.2, -0.15) is 0 Å². The van der Waals surface area contributed by atoms with Crippen molar-refractivity contribution in [1.82, 2.24) is 4.90 Å². The lowest BCUT2D eigenvalue weighted by Crippen LogP contribution is -2.40. The highest BCUT2D eigenvalue weighted by atomic mass is 35.5. The van der Waals surface area contributed by atoms with Gasteiger partial charge in [-0.15, -0.1) is 0 Å². The van der Waals surface area contributed by atoms with Crippen molar-refractivity contribution in [1.29, 1.82) is 0 Å². The Kier molecular flexibility index (Phi) is 5.30. The number of likely N-dealkylation sites (tertiary alicyclic amines) is 1. The molecule has 1 saturated heterocycles. The smallest absolute Gasteiger partial charge is 0.260 e. The van der Waals surface area contributed by atoms with Gasteiger partial charge in [-0.25, -0.2) is 0 Å². The lowest BCUT2D eigenvalue weighted by molar-refractivity contribution is -0.134. The molecule has 0 spiro atoms. The molecule has 0 aliphatic carbocycles. The van der Waals surface area contributed by atoms with Crippen LogP contribution in [0.2, 0.25) is 5.02 Å². The van der Waals surface area contributed by atoms with Gasteiger partial charge in [0.1, 0.15) is 5.75 Å². The molecule has 0 bridgehead atoms. The number of benzene rings is 1. The number of halogens is 1. The summed E-state index contributed by atoms with van der Waals surface area (Å²) < 4.78 is 5.60. The normalized spacial score (nSPS) is 16.2. The van der Waals surface area contributed by atoms with Crippen LogP contribution in [0.5, 0.6) is 5.75 Å². The molecule has 110 valence electrons. The van der Waals surface area contributed by atoms with Crippen LogP contribution in [-0.2, 0) is 11.2 Å². The Bertz CT molecular complexity index is 468. The van der Waals surface area contributed by atoms with Gasteiger partial charge in [-0.05, 0) is 48.9 Å². The number of amides is 1. The maximum absolute atomic E-state index is 12.1. The van der Waals surface area contributed by atoms with Crippen LogP contribution in [-0.4, -0.2) is 30.5 Å². The minimum absolute atomic E-state index is 0.0740. The third-order valence-electron chi connectivity index (χ3n) is 3.90. The first kappa shape index (κ1) is 15.2. The zero-order chi connectivity index (χ0) is 14.5. The zero-order valence-electron chi connectivity index (χ0n) is 12.2. The van der Waals surface area contributed by atoms with E-state index in [0.29, 0.717) is 5.75 Å². The summed E-state index contributed by atoms with van der Waals surface area (Å²) >= 11 is 6.06. The molecule has 0 unspecified atom stereocenters. The average Bonchev–Trinajstić information content (AvgIpc) is 2.46. The second-order valence-corrected chi connectivity index (χ2v) is 5.87. The molecule has 0 aromatic heterocycles. The van der Waals surface area contributed by atoms with Crippen molar-refractivity contribution in [3.63, 3.8) is 0 Å². The van der Waals surface area contributed by atoms with Crippen molar-refractivity contribution in [2.75, 3.05) is 19.7 Å². The van der Waals surface area contributed by atoms with Gasteiger partial charge in [-0.3, -0.25) is 4.79 Å². The highest BCUT2D eigenvalue weighted by Gasteiger charge is 2.20. The van der Waals surface area contributed by atoms with Crippen LogP contribution < -0.4 is 4.74 Å². The van der Waals surface area contributed by atoms with Crippen LogP contribution in [0.15, 0.2) is 18.2 Å². The first-order chi connectivity index (χ1) is 9.60. The van der Waals surface area contributed by atoms with Crippen molar-refractivity contribution < 1.29 is 9.53 Å². The summed E-state index contributed by atoms with van der Waals surface area (Å²) in [5.41, 5.74) is 1.04. The second-order valence-electron chi connectivity index (χ2n) is 5.46. The fraction of sp³-hybridized carbons (Fsp3) is 0.562. The SMILES string of the molecule is CCc1cc(OCC(=O)N2CCC(C)CC2)ccc1Cl. The van der Waals surface area contributed by atoms with Gasteiger partial charge in [0.2, 0.25) is 0 Å². The van der Waals surface area contributed by atoms with Crippen molar-refractivity contribution in [2.24, 2.45) is 5.92 Å². The fourth-order valence-electron chi connectivity index (χ4n) is 2.41. The third kappa shape index (κ3) is 3.89. The Labute approximate surface area is 125 Å². The predicted molar refractivity (Wildman–Crippen MR) is 81.3 cm³/mol. The summed E-state index contributed by atoms with van der Waals surface area (Å²) in [4.78, 5) is 14.0. The van der Waals surface area contributed by atoms with E-state index in [-0.39, 0.29) is 12.5 Å². The topological polar surface area (TPSA) is 29.5 Å². The number of carbonyl (C=O) groups is 1. The highest BCUT2D eigenvalue weighted by Crippen LogP contribution is 2.23. The minimum Gasteiger partial charge on any atom is -0.484 e. The van der Waals surface area contributed by atoms with Gasteiger partial charge in [-0.1, -0.05) is 25.4 Å². The summed E-state index contributed by atoms with van der Waals surface area (Å²) in [5, 5.41) is 0.746. The fourth-order valence-corrected chi connectivity index (χ4v) is 2.66. The summed E-state index contributed by atoms with van der Waals surface area (Å²) in [6.45, 7) is 6.09. The summed E-state index contributed by atoms with van der Waals surface area (Å²) in [5.74, 6) is 1.51. The van der Waals surface area contributed by atoms with E-state index in [4.69, 9.17) is 16.3 Å². The number of piperidine rings is 1. The van der Waals surface area contributed by atoms with Crippen molar-refractivity contribution in [3.05, 3.63) is 28.8 Å². The van der Waals surface area contributed by atoms with Crippen LogP contribution in [0.25, 0.3) is 0 Å². The van der Waals surface area contributed by atoms with Crippen LogP contribution >= 0.6 is 11.6 Å². The van der Waals surface area contributed by atoms with E-state index < -0.39 is 0 Å². The molecule has 1 aromatic carbocycles. The third-order valence-corrected chi connectivity index (χ3v) is 4.27. The van der Waals surface area contributed by atoms with E-state index in [2.05, 4.69) is 6.92 Å². The van der Waals surface area contributed by atoms with E-state index in [1.54, 1.807) is 0 Å². The maximum atomic E-state index is 12.1. The Morgan fingerprint density at radius 1 is 1.40 bits per heavy atom. The van der Waals surface area contributed by atoms with Gasteiger partial charge in [0.05, 0.1) is 0 Å². The number of ether oxygens (including phenoxy) is 1. The standard InChI is InChI=1S/C16H22ClNO2/c1-3-13-10-14(4-5-15(13)17)20-11-16(19)18-8-6-12(2)7-9-18/h4-5,10,12H,3,6-9,11H2,1-2H3. The Morgan fingerprint density at radius 3 is 2.75 bits per heavy atom. The Balaban J connectivity index is 1.87. The molecule has 3 nitrogen and oxygen atoms in total. The molecular formula is C16H22ClNO2. The van der Waals surface area contributed by atoms with Crippen LogP contribution in [0.1, 0.15) is 32.3 Å². The molecule has 0 N–H and O–H groups in total. The first-order valence-corrected chi connectivity index (χ1v) is 7.67. The van der Waals surface area contributed by atoms with Crippen LogP contribution in [0.3, 0.4) is 0 Å². The predicted octanol–water partition coefficient (Wildman–Crippen LogP) is 3.54. The number of aryl methyl sites for hydroxylation is 1. The van der Waals surface area contributed by atoms with E-state index >= 15 is 0 Å². The van der Waals surface area contributed by atoms with Crippen molar-refractivity contribution >= 4 is 17.5 Å². The lowest BCUT2D eigenvalue weighted by atomic mass is 9.99. The van der Waals surface area contributed by atoms with E-state index in [0.717, 1.165) is 48.9 Å². The van der Waals surface area contributed by atoms with Gasteiger partial charge in [0.25, 0.3) is 5.91 Å². The quantitative estimate of drug-likeness (QED) is 0.850. The van der Waals surface area contributed by atoms with Gasteiger partial charge < -0.3 is 9.64 Å². The van der Waals surface area contributed by atoms with Crippen LogP contribution in [0.4, 0.5) is 0 Å². The van der Waals surface area contributed by atoms with Gasteiger partial charge >= 0.3 is 0 Å². The molecule has 0 radical (unpaired) electrons. The molecular weight excluding hydrogens is 274 g/mol. The monoisotopic (exact) mass is 295 g/mol. The first-order valence-electron chi connectivity index (χ1n) is 7.29. The van der Waals surface area contributed by atoms with Gasteiger partial charge in [0, 0.05) is 18.1 Å². The minimum atomic E-state index is 0.0740. The largest absolute Gasteiger partial charge is 0.484 e. The summed E-state index contributed by atoms with van der Waals surface area (Å²) in [7, 11) is 0. The summed E-state index contributed by atoms with van der Waals surface area (Å²) in [6, 6.07) is 5.55. The molecule has 0 atom stereocenters. The van der Waals surface area contributed by atoms with Crippen LogP contribution in [0, 0.1) is 5.92 Å². The number of rotatable bonds is 4. The summed E-state index contributed by atoms with van der Waals surface area (Å²) in [6.07, 6.45) is 3.04. The number of nitrogens with zero attached hydrogens (tertiary/aromatic N) is 1. The maximum Gasteiger partial charge on any atom is 0.260 e. The molecule has 20 heavy (non-hydrogen) atoms. The number of hydrogen-bond acceptors (Lipinski definition) is 2. The van der Waals surface area contributed by atoms with E-state index in [1.165, 1.54) is 0 Å². The van der Waals surface area contributed by atoms with Crippen molar-refractivity contribution in [2.45, 2.75) is 33.1 Å². The highest BCUT2D eigenvalue weighted by molar-refractivity contribution is 6.31. The molecule has 0 saturated carbocycles. The molecule has 4 heteroatoms. The molecule has 2 rings (SSSR count). The number of hydrogen-bond donors (Lipinski definition) is 0.